The molecular formula is C27H28N4O2. The summed E-state index contributed by atoms with van der Waals surface area (Å²) in [4.78, 5) is 14.2. The van der Waals surface area contributed by atoms with Crippen LogP contribution in [0.1, 0.15) is 30.5 Å². The monoisotopic (exact) mass is 440 g/mol. The largest absolute Gasteiger partial charge is 0.494 e. The number of rotatable bonds is 5. The van der Waals surface area contributed by atoms with Crippen LogP contribution in [0.4, 0.5) is 5.69 Å². The molecule has 3 aromatic carbocycles. The van der Waals surface area contributed by atoms with Gasteiger partial charge in [0.1, 0.15) is 5.52 Å². The first-order valence-electron chi connectivity index (χ1n) is 11.4. The van der Waals surface area contributed by atoms with Crippen LogP contribution in [0.25, 0.3) is 27.7 Å². The number of hydrogen-bond acceptors (Lipinski definition) is 4. The number of ether oxygens (including phenoxy) is 1. The fourth-order valence-corrected chi connectivity index (χ4v) is 4.66. The van der Waals surface area contributed by atoms with Crippen molar-refractivity contribution in [1.29, 1.82) is 0 Å². The molecule has 0 bridgehead atoms. The Hall–Kier alpha value is -3.64. The van der Waals surface area contributed by atoms with E-state index in [1.54, 1.807) is 7.11 Å². The first kappa shape index (κ1) is 21.2. The zero-order valence-electron chi connectivity index (χ0n) is 19.0. The van der Waals surface area contributed by atoms with Crippen molar-refractivity contribution in [3.05, 3.63) is 71.9 Å². The Balaban J connectivity index is 1.61. The highest BCUT2D eigenvalue weighted by Crippen LogP contribution is 2.39. The third-order valence-corrected chi connectivity index (χ3v) is 6.39. The number of nitrogens with zero attached hydrogens (tertiary/aromatic N) is 3. The lowest BCUT2D eigenvalue weighted by Crippen LogP contribution is -2.35. The van der Waals surface area contributed by atoms with Crippen LogP contribution in [0.15, 0.2) is 60.7 Å². The highest BCUT2D eigenvalue weighted by atomic mass is 16.5. The second-order valence-electron chi connectivity index (χ2n) is 8.46. The number of carbonyl (C=O) groups is 1. The minimum absolute atomic E-state index is 0.201. The van der Waals surface area contributed by atoms with Gasteiger partial charge in [0.25, 0.3) is 0 Å². The van der Waals surface area contributed by atoms with Crippen LogP contribution in [0, 0.1) is 6.92 Å². The van der Waals surface area contributed by atoms with E-state index in [1.807, 2.05) is 46.8 Å². The van der Waals surface area contributed by atoms with Gasteiger partial charge in [0, 0.05) is 36.1 Å². The number of aromatic nitrogens is 2. The average Bonchev–Trinajstić information content (AvgIpc) is 3.20. The Kier molecular flexibility index (Phi) is 5.60. The van der Waals surface area contributed by atoms with Crippen molar-refractivity contribution >= 4 is 22.5 Å². The maximum Gasteiger partial charge on any atom is 0.226 e. The van der Waals surface area contributed by atoms with Crippen LogP contribution in [-0.4, -0.2) is 29.3 Å². The number of hydrogen-bond donors (Lipinski definition) is 1. The lowest BCUT2D eigenvalue weighted by Gasteiger charge is -2.27. The Bertz CT molecular complexity index is 1320. The van der Waals surface area contributed by atoms with Crippen LogP contribution in [0.5, 0.6) is 5.75 Å². The zero-order chi connectivity index (χ0) is 22.9. The fraction of sp³-hybridized carbons (Fsp3) is 0.259. The number of piperidine rings is 1. The van der Waals surface area contributed by atoms with E-state index in [0.717, 1.165) is 69.8 Å². The Morgan fingerprint density at radius 2 is 1.85 bits per heavy atom. The lowest BCUT2D eigenvalue weighted by atomic mass is 10.0. The predicted molar refractivity (Wildman–Crippen MR) is 132 cm³/mol. The summed E-state index contributed by atoms with van der Waals surface area (Å²) in [6, 6.07) is 20.4. The number of amides is 1. The molecule has 33 heavy (non-hydrogen) atoms. The van der Waals surface area contributed by atoms with Crippen LogP contribution in [0.3, 0.4) is 0 Å². The van der Waals surface area contributed by atoms with Gasteiger partial charge >= 0.3 is 0 Å². The minimum Gasteiger partial charge on any atom is -0.494 e. The average molecular weight is 441 g/mol. The molecule has 0 saturated carbocycles. The van der Waals surface area contributed by atoms with Crippen molar-refractivity contribution in [3.63, 3.8) is 0 Å². The molecule has 1 aromatic heterocycles. The standard InChI is InChI=1S/C27H28N4O2/c1-18-23-13-14-24(20-9-11-21(12-10-20)30-15-4-3-8-25(30)32)27(33-2)26(23)31(29-18)22-7-5-6-19(16-22)17-28/h5-7,9-14,16H,3-4,8,15,17,28H2,1-2H3. The third-order valence-electron chi connectivity index (χ3n) is 6.39. The van der Waals surface area contributed by atoms with E-state index in [1.165, 1.54) is 0 Å². The number of anilines is 1. The molecule has 0 aliphatic carbocycles. The molecule has 0 unspecified atom stereocenters. The molecule has 6 nitrogen and oxygen atoms in total. The van der Waals surface area contributed by atoms with E-state index in [2.05, 4.69) is 30.3 Å². The van der Waals surface area contributed by atoms with Gasteiger partial charge in [0.15, 0.2) is 5.75 Å². The summed E-state index contributed by atoms with van der Waals surface area (Å²) in [5, 5.41) is 5.86. The number of fused-ring (bicyclic) bond motifs is 1. The third kappa shape index (κ3) is 3.76. The topological polar surface area (TPSA) is 73.4 Å². The van der Waals surface area contributed by atoms with E-state index in [4.69, 9.17) is 15.6 Å². The van der Waals surface area contributed by atoms with Crippen molar-refractivity contribution in [3.8, 4) is 22.6 Å². The second kappa shape index (κ2) is 8.71. The Morgan fingerprint density at radius 1 is 1.03 bits per heavy atom. The fourth-order valence-electron chi connectivity index (χ4n) is 4.66. The van der Waals surface area contributed by atoms with E-state index in [0.29, 0.717) is 13.0 Å². The predicted octanol–water partition coefficient (Wildman–Crippen LogP) is 4.99. The molecule has 0 radical (unpaired) electrons. The minimum atomic E-state index is 0.201. The normalized spacial score (nSPS) is 14.2. The Morgan fingerprint density at radius 3 is 2.58 bits per heavy atom. The van der Waals surface area contributed by atoms with E-state index in [-0.39, 0.29) is 5.91 Å². The number of aryl methyl sites for hydroxylation is 1. The van der Waals surface area contributed by atoms with Crippen molar-refractivity contribution in [2.24, 2.45) is 5.73 Å². The molecule has 2 heterocycles. The summed E-state index contributed by atoms with van der Waals surface area (Å²) in [5.41, 5.74) is 12.7. The molecule has 4 aromatic rings. The molecule has 6 heteroatoms. The SMILES string of the molecule is COc1c(-c2ccc(N3CCCCC3=O)cc2)ccc2c(C)nn(-c3cccc(CN)c3)c12. The molecular weight excluding hydrogens is 412 g/mol. The zero-order valence-corrected chi connectivity index (χ0v) is 19.0. The smallest absolute Gasteiger partial charge is 0.226 e. The summed E-state index contributed by atoms with van der Waals surface area (Å²) < 4.78 is 7.90. The van der Waals surface area contributed by atoms with Gasteiger partial charge in [-0.3, -0.25) is 4.79 Å². The summed E-state index contributed by atoms with van der Waals surface area (Å²) in [6.07, 6.45) is 2.65. The molecule has 1 saturated heterocycles. The number of benzene rings is 3. The molecule has 0 atom stereocenters. The molecule has 168 valence electrons. The molecule has 2 N–H and O–H groups in total. The van der Waals surface area contributed by atoms with Gasteiger partial charge in [-0.25, -0.2) is 4.68 Å². The summed E-state index contributed by atoms with van der Waals surface area (Å²) in [5.74, 6) is 0.972. The number of nitrogens with two attached hydrogens (primary N) is 1. The molecule has 1 aliphatic rings. The van der Waals surface area contributed by atoms with Gasteiger partial charge in [-0.2, -0.15) is 5.10 Å². The van der Waals surface area contributed by atoms with Gasteiger partial charge in [0.05, 0.1) is 18.5 Å². The molecule has 0 spiro atoms. The number of carbonyl (C=O) groups excluding carboxylic acids is 1. The molecule has 1 amide bonds. The van der Waals surface area contributed by atoms with Crippen molar-refractivity contribution < 1.29 is 9.53 Å². The van der Waals surface area contributed by atoms with E-state index >= 15 is 0 Å². The summed E-state index contributed by atoms with van der Waals surface area (Å²) in [7, 11) is 1.70. The van der Waals surface area contributed by atoms with Crippen LogP contribution >= 0.6 is 0 Å². The lowest BCUT2D eigenvalue weighted by molar-refractivity contribution is -0.119. The quantitative estimate of drug-likeness (QED) is 0.475. The van der Waals surface area contributed by atoms with Crippen molar-refractivity contribution in [1.82, 2.24) is 9.78 Å². The first-order chi connectivity index (χ1) is 16.1. The van der Waals surface area contributed by atoms with Gasteiger partial charge in [-0.15, -0.1) is 0 Å². The Labute approximate surface area is 193 Å². The summed E-state index contributed by atoms with van der Waals surface area (Å²) in [6.45, 7) is 3.27. The highest BCUT2D eigenvalue weighted by Gasteiger charge is 2.21. The van der Waals surface area contributed by atoms with Gasteiger partial charge < -0.3 is 15.4 Å². The maximum atomic E-state index is 12.3. The first-order valence-corrected chi connectivity index (χ1v) is 11.4. The second-order valence-corrected chi connectivity index (χ2v) is 8.46. The molecule has 5 rings (SSSR count). The molecule has 1 aliphatic heterocycles. The molecule has 1 fully saturated rings. The summed E-state index contributed by atoms with van der Waals surface area (Å²) >= 11 is 0. The maximum absolute atomic E-state index is 12.3. The van der Waals surface area contributed by atoms with Gasteiger partial charge in [0.2, 0.25) is 5.91 Å². The van der Waals surface area contributed by atoms with E-state index < -0.39 is 0 Å². The van der Waals surface area contributed by atoms with Gasteiger partial charge in [-0.05, 0) is 61.2 Å². The van der Waals surface area contributed by atoms with Crippen molar-refractivity contribution in [2.45, 2.75) is 32.7 Å². The van der Waals surface area contributed by atoms with Crippen LogP contribution < -0.4 is 15.4 Å². The van der Waals surface area contributed by atoms with Gasteiger partial charge in [-0.1, -0.05) is 30.3 Å². The van der Waals surface area contributed by atoms with E-state index in [9.17, 15) is 4.79 Å². The van der Waals surface area contributed by atoms with Crippen molar-refractivity contribution in [2.75, 3.05) is 18.6 Å². The van der Waals surface area contributed by atoms with Crippen LogP contribution in [-0.2, 0) is 11.3 Å². The number of methoxy groups -OCH3 is 1. The highest BCUT2D eigenvalue weighted by molar-refractivity contribution is 5.96. The van der Waals surface area contributed by atoms with Crippen LogP contribution in [0.2, 0.25) is 0 Å².